The van der Waals surface area contributed by atoms with Gasteiger partial charge in [-0.15, -0.1) is 0 Å². The number of hydrogen-bond acceptors (Lipinski definition) is 4. The number of rotatable bonds is 11. The number of likely N-dealkylation sites (tertiary alicyclic amines) is 1. The minimum Gasteiger partial charge on any atom is -0.353 e. The maximum atomic E-state index is 13.2. The fraction of sp³-hybridized carbons (Fsp3) is 0.654. The molecule has 2 aliphatic rings. The van der Waals surface area contributed by atoms with Crippen LogP contribution in [-0.2, 0) is 20.9 Å². The zero-order valence-electron chi connectivity index (χ0n) is 20.4. The molecule has 2 N–H and O–H groups in total. The van der Waals surface area contributed by atoms with Crippen molar-refractivity contribution in [2.75, 3.05) is 26.2 Å². The van der Waals surface area contributed by atoms with Crippen molar-refractivity contribution in [2.45, 2.75) is 71.5 Å². The van der Waals surface area contributed by atoms with Crippen LogP contribution >= 0.6 is 0 Å². The molecule has 7 nitrogen and oxygen atoms in total. The second kappa shape index (κ2) is 12.2. The van der Waals surface area contributed by atoms with Gasteiger partial charge in [0.1, 0.15) is 0 Å². The summed E-state index contributed by atoms with van der Waals surface area (Å²) >= 11 is 0. The predicted molar refractivity (Wildman–Crippen MR) is 129 cm³/mol. The maximum Gasteiger partial charge on any atom is 0.240 e. The Hall–Kier alpha value is -2.41. The van der Waals surface area contributed by atoms with Crippen LogP contribution in [0.25, 0.3) is 0 Å². The number of piperazine rings is 1. The number of carbonyl (C=O) groups is 3. The van der Waals surface area contributed by atoms with Gasteiger partial charge in [0.25, 0.3) is 0 Å². The van der Waals surface area contributed by atoms with Crippen molar-refractivity contribution >= 4 is 17.7 Å². The molecule has 7 heteroatoms. The van der Waals surface area contributed by atoms with E-state index in [9.17, 15) is 14.4 Å². The van der Waals surface area contributed by atoms with Crippen molar-refractivity contribution in [1.82, 2.24) is 20.4 Å². The molecule has 182 valence electrons. The van der Waals surface area contributed by atoms with E-state index in [0.29, 0.717) is 32.0 Å². The normalized spacial score (nSPS) is 22.2. The van der Waals surface area contributed by atoms with Gasteiger partial charge in [0, 0.05) is 45.2 Å². The highest BCUT2D eigenvalue weighted by atomic mass is 16.2. The molecule has 3 rings (SSSR count). The monoisotopic (exact) mass is 456 g/mol. The van der Waals surface area contributed by atoms with E-state index in [-0.39, 0.29) is 42.1 Å². The lowest BCUT2D eigenvalue weighted by atomic mass is 9.95. The Morgan fingerprint density at radius 1 is 1.18 bits per heavy atom. The van der Waals surface area contributed by atoms with Crippen molar-refractivity contribution in [3.8, 4) is 0 Å². The SMILES string of the molecule is CCCCN1CC(C(=O)NC(CC(C)C)C[C@@H]2NCCN(Cc3ccccc3)C2=O)CC1=O. The van der Waals surface area contributed by atoms with Gasteiger partial charge in [-0.25, -0.2) is 0 Å². The molecule has 33 heavy (non-hydrogen) atoms. The number of nitrogens with zero attached hydrogens (tertiary/aromatic N) is 2. The third-order valence-electron chi connectivity index (χ3n) is 6.59. The van der Waals surface area contributed by atoms with E-state index in [2.05, 4.69) is 31.4 Å². The van der Waals surface area contributed by atoms with Crippen molar-refractivity contribution < 1.29 is 14.4 Å². The van der Waals surface area contributed by atoms with Crippen molar-refractivity contribution in [2.24, 2.45) is 11.8 Å². The maximum absolute atomic E-state index is 13.2. The largest absolute Gasteiger partial charge is 0.353 e. The predicted octanol–water partition coefficient (Wildman–Crippen LogP) is 2.56. The molecule has 2 unspecified atom stereocenters. The highest BCUT2D eigenvalue weighted by Gasteiger charge is 2.36. The van der Waals surface area contributed by atoms with Crippen molar-refractivity contribution in [3.63, 3.8) is 0 Å². The van der Waals surface area contributed by atoms with Gasteiger partial charge in [0.05, 0.1) is 12.0 Å². The molecule has 0 radical (unpaired) electrons. The van der Waals surface area contributed by atoms with E-state index in [1.165, 1.54) is 0 Å². The molecule has 0 saturated carbocycles. The Morgan fingerprint density at radius 2 is 1.94 bits per heavy atom. The Bertz CT molecular complexity index is 798. The molecular formula is C26H40N4O3. The van der Waals surface area contributed by atoms with Gasteiger partial charge in [0.15, 0.2) is 0 Å². The molecule has 0 aromatic heterocycles. The van der Waals surface area contributed by atoms with Gasteiger partial charge in [-0.2, -0.15) is 0 Å². The molecule has 0 spiro atoms. The van der Waals surface area contributed by atoms with Crippen LogP contribution in [0.4, 0.5) is 0 Å². The summed E-state index contributed by atoms with van der Waals surface area (Å²) in [5.41, 5.74) is 1.12. The zero-order chi connectivity index (χ0) is 23.8. The molecule has 0 bridgehead atoms. The number of benzene rings is 1. The van der Waals surface area contributed by atoms with Crippen LogP contribution in [0.15, 0.2) is 30.3 Å². The number of hydrogen-bond donors (Lipinski definition) is 2. The fourth-order valence-electron chi connectivity index (χ4n) is 4.84. The zero-order valence-corrected chi connectivity index (χ0v) is 20.4. The minimum absolute atomic E-state index is 0.0580. The molecule has 2 fully saturated rings. The van der Waals surface area contributed by atoms with Gasteiger partial charge in [0.2, 0.25) is 17.7 Å². The molecule has 2 heterocycles. The first kappa shape index (κ1) is 25.2. The molecule has 2 aliphatic heterocycles. The first-order valence-corrected chi connectivity index (χ1v) is 12.5. The van der Waals surface area contributed by atoms with Gasteiger partial charge in [-0.05, 0) is 30.7 Å². The first-order chi connectivity index (χ1) is 15.9. The quantitative estimate of drug-likeness (QED) is 0.536. The summed E-state index contributed by atoms with van der Waals surface area (Å²) in [5.74, 6) is 0.200. The molecule has 3 amide bonds. The molecular weight excluding hydrogens is 416 g/mol. The highest BCUT2D eigenvalue weighted by molar-refractivity contribution is 5.89. The van der Waals surface area contributed by atoms with Crippen LogP contribution < -0.4 is 10.6 Å². The summed E-state index contributed by atoms with van der Waals surface area (Å²) < 4.78 is 0. The van der Waals surface area contributed by atoms with Gasteiger partial charge in [-0.3, -0.25) is 14.4 Å². The standard InChI is InChI=1S/C26H40N4O3/c1-4-5-12-29-18-21(15-24(29)31)25(32)28-22(14-19(2)3)16-23-26(33)30(13-11-27-23)17-20-9-7-6-8-10-20/h6-10,19,21-23,27H,4-5,11-18H2,1-3H3,(H,28,32)/t21?,22?,23-/m0/s1. The number of nitrogens with one attached hydrogen (secondary N) is 2. The highest BCUT2D eigenvalue weighted by Crippen LogP contribution is 2.21. The van der Waals surface area contributed by atoms with Crippen molar-refractivity contribution in [1.29, 1.82) is 0 Å². The van der Waals surface area contributed by atoms with Crippen LogP contribution in [0.1, 0.15) is 58.4 Å². The minimum atomic E-state index is -0.308. The summed E-state index contributed by atoms with van der Waals surface area (Å²) in [5, 5.41) is 6.55. The summed E-state index contributed by atoms with van der Waals surface area (Å²) in [4.78, 5) is 42.2. The Labute approximate surface area is 198 Å². The van der Waals surface area contributed by atoms with E-state index < -0.39 is 0 Å². The molecule has 1 aromatic carbocycles. The van der Waals surface area contributed by atoms with Crippen LogP contribution in [0.3, 0.4) is 0 Å². The Balaban J connectivity index is 1.58. The lowest BCUT2D eigenvalue weighted by Gasteiger charge is -2.35. The van der Waals surface area contributed by atoms with Crippen molar-refractivity contribution in [3.05, 3.63) is 35.9 Å². The van der Waals surface area contributed by atoms with Crippen LogP contribution in [0.2, 0.25) is 0 Å². The summed E-state index contributed by atoms with van der Waals surface area (Å²) in [6, 6.07) is 9.63. The summed E-state index contributed by atoms with van der Waals surface area (Å²) in [7, 11) is 0. The fourth-order valence-corrected chi connectivity index (χ4v) is 4.84. The van der Waals surface area contributed by atoms with Crippen LogP contribution in [0.5, 0.6) is 0 Å². The molecule has 3 atom stereocenters. The van der Waals surface area contributed by atoms with E-state index >= 15 is 0 Å². The van der Waals surface area contributed by atoms with Gasteiger partial charge in [-0.1, -0.05) is 57.5 Å². The summed E-state index contributed by atoms with van der Waals surface area (Å²) in [6.45, 7) is 9.62. The van der Waals surface area contributed by atoms with E-state index in [1.807, 2.05) is 40.1 Å². The molecule has 0 aliphatic carbocycles. The number of amides is 3. The lowest BCUT2D eigenvalue weighted by molar-refractivity contribution is -0.137. The van der Waals surface area contributed by atoms with E-state index in [4.69, 9.17) is 0 Å². The second-order valence-corrected chi connectivity index (χ2v) is 9.92. The third kappa shape index (κ3) is 7.29. The second-order valence-electron chi connectivity index (χ2n) is 9.92. The average molecular weight is 457 g/mol. The molecule has 2 saturated heterocycles. The third-order valence-corrected chi connectivity index (χ3v) is 6.59. The Kier molecular flexibility index (Phi) is 9.30. The van der Waals surface area contributed by atoms with E-state index in [0.717, 1.165) is 37.9 Å². The number of carbonyl (C=O) groups excluding carboxylic acids is 3. The Morgan fingerprint density at radius 3 is 2.64 bits per heavy atom. The topological polar surface area (TPSA) is 81.8 Å². The average Bonchev–Trinajstić information content (AvgIpc) is 3.16. The first-order valence-electron chi connectivity index (χ1n) is 12.5. The van der Waals surface area contributed by atoms with Crippen LogP contribution in [-0.4, -0.2) is 65.8 Å². The van der Waals surface area contributed by atoms with Gasteiger partial charge < -0.3 is 20.4 Å². The van der Waals surface area contributed by atoms with Gasteiger partial charge >= 0.3 is 0 Å². The molecule has 1 aromatic rings. The number of unbranched alkanes of at least 4 members (excludes halogenated alkanes) is 1. The van der Waals surface area contributed by atoms with Crippen LogP contribution in [0, 0.1) is 11.8 Å². The lowest BCUT2D eigenvalue weighted by Crippen LogP contribution is -2.57. The van der Waals surface area contributed by atoms with E-state index in [1.54, 1.807) is 0 Å². The smallest absolute Gasteiger partial charge is 0.240 e. The summed E-state index contributed by atoms with van der Waals surface area (Å²) in [6.07, 6.45) is 3.64.